The Morgan fingerprint density at radius 2 is 2.18 bits per heavy atom. The summed E-state index contributed by atoms with van der Waals surface area (Å²) in [6.07, 6.45) is 8.74. The van der Waals surface area contributed by atoms with E-state index in [0.717, 1.165) is 36.3 Å². The number of nitrogens with zero attached hydrogens (tertiary/aromatic N) is 3. The molecular weight excluding hydrogens is 518 g/mol. The summed E-state index contributed by atoms with van der Waals surface area (Å²) in [5.41, 5.74) is 7.14. The van der Waals surface area contributed by atoms with Crippen molar-refractivity contribution < 1.29 is 19.1 Å². The van der Waals surface area contributed by atoms with Crippen LogP contribution >= 0.6 is 11.6 Å². The summed E-state index contributed by atoms with van der Waals surface area (Å²) < 4.78 is 13.9. The highest BCUT2D eigenvalue weighted by Gasteiger charge is 2.57. The molecule has 6 rings (SSSR count). The zero-order valence-corrected chi connectivity index (χ0v) is 22.5. The Morgan fingerprint density at radius 1 is 1.33 bits per heavy atom. The number of ether oxygens (including phenoxy) is 2. The number of halogens is 1. The number of para-hydroxylation sites is 1. The third-order valence-corrected chi connectivity index (χ3v) is 8.53. The zero-order chi connectivity index (χ0) is 27.1. The summed E-state index contributed by atoms with van der Waals surface area (Å²) >= 11 is 6.39. The van der Waals surface area contributed by atoms with Crippen molar-refractivity contribution in [2.24, 2.45) is 5.41 Å². The average molecular weight is 548 g/mol. The van der Waals surface area contributed by atoms with Crippen LogP contribution in [-0.4, -0.2) is 59.2 Å². The van der Waals surface area contributed by atoms with E-state index in [1.807, 2.05) is 33.8 Å². The van der Waals surface area contributed by atoms with Gasteiger partial charge in [0, 0.05) is 36.7 Å². The summed E-state index contributed by atoms with van der Waals surface area (Å²) in [5, 5.41) is 3.40. The lowest BCUT2D eigenvalue weighted by atomic mass is 9.58. The second-order valence-corrected chi connectivity index (χ2v) is 10.7. The first-order valence-corrected chi connectivity index (χ1v) is 13.5. The van der Waals surface area contributed by atoms with E-state index in [-0.39, 0.29) is 23.3 Å². The first-order chi connectivity index (χ1) is 19.0. The monoisotopic (exact) mass is 547 g/mol. The van der Waals surface area contributed by atoms with Crippen molar-refractivity contribution in [3.63, 3.8) is 0 Å². The Labute approximate surface area is 231 Å². The predicted octanol–water partition coefficient (Wildman–Crippen LogP) is 4.32. The molecule has 4 heterocycles. The van der Waals surface area contributed by atoms with E-state index in [1.54, 1.807) is 25.6 Å². The maximum Gasteiger partial charge on any atom is 0.253 e. The van der Waals surface area contributed by atoms with Gasteiger partial charge in [0.25, 0.3) is 5.91 Å². The van der Waals surface area contributed by atoms with Gasteiger partial charge in [0.05, 0.1) is 47.0 Å². The summed E-state index contributed by atoms with van der Waals surface area (Å²) in [7, 11) is 1.57. The highest BCUT2D eigenvalue weighted by atomic mass is 35.5. The maximum atomic E-state index is 12.8. The van der Waals surface area contributed by atoms with E-state index >= 15 is 0 Å². The van der Waals surface area contributed by atoms with Crippen LogP contribution in [0.25, 0.3) is 11.3 Å². The van der Waals surface area contributed by atoms with E-state index < -0.39 is 0 Å². The number of likely N-dealkylation sites (tertiary alicyclic amines) is 1. The Hall–Kier alpha value is -3.98. The molecular formula is C29H30ClN5O4. The number of rotatable bonds is 8. The van der Waals surface area contributed by atoms with E-state index in [4.69, 9.17) is 21.1 Å². The molecule has 2 amide bonds. The molecule has 1 aliphatic carbocycles. The molecule has 202 valence electrons. The molecule has 2 fully saturated rings. The van der Waals surface area contributed by atoms with Crippen LogP contribution in [0.1, 0.15) is 35.3 Å². The van der Waals surface area contributed by atoms with Crippen molar-refractivity contribution in [2.45, 2.75) is 31.7 Å². The quantitative estimate of drug-likeness (QED) is 0.408. The summed E-state index contributed by atoms with van der Waals surface area (Å²) in [6.45, 7) is 5.30. The number of hydrogen-bond acceptors (Lipinski definition) is 6. The van der Waals surface area contributed by atoms with Gasteiger partial charge in [0.1, 0.15) is 12.4 Å². The molecule has 3 aliphatic rings. The molecule has 0 unspecified atom stereocenters. The van der Waals surface area contributed by atoms with Crippen molar-refractivity contribution in [2.75, 3.05) is 32.2 Å². The van der Waals surface area contributed by atoms with Crippen LogP contribution in [0.5, 0.6) is 11.5 Å². The van der Waals surface area contributed by atoms with Crippen molar-refractivity contribution in [1.29, 1.82) is 0 Å². The number of benzene rings is 1. The minimum Gasteiger partial charge on any atom is -0.493 e. The molecule has 39 heavy (non-hydrogen) atoms. The fourth-order valence-corrected chi connectivity index (χ4v) is 6.27. The first-order valence-electron chi connectivity index (χ1n) is 13.1. The third kappa shape index (κ3) is 4.21. The molecule has 0 radical (unpaired) electrons. The molecule has 1 saturated carbocycles. The lowest BCUT2D eigenvalue weighted by molar-refractivity contribution is -0.167. The van der Waals surface area contributed by atoms with Gasteiger partial charge in [-0.3, -0.25) is 24.7 Å². The van der Waals surface area contributed by atoms with Crippen LogP contribution in [0, 0.1) is 5.41 Å². The van der Waals surface area contributed by atoms with Crippen molar-refractivity contribution in [1.82, 2.24) is 19.9 Å². The van der Waals surface area contributed by atoms with Gasteiger partial charge in [-0.05, 0) is 43.2 Å². The van der Waals surface area contributed by atoms with Gasteiger partial charge in [-0.25, -0.2) is 0 Å². The Bertz CT molecular complexity index is 1460. The number of hydrogen-bond donors (Lipinski definition) is 2. The molecule has 2 N–H and O–H groups in total. The van der Waals surface area contributed by atoms with Crippen LogP contribution < -0.4 is 20.2 Å². The topological polar surface area (TPSA) is 97.7 Å². The lowest BCUT2D eigenvalue weighted by Crippen LogP contribution is -2.70. The molecule has 9 nitrogen and oxygen atoms in total. The number of anilines is 1. The maximum absolute atomic E-state index is 12.8. The highest BCUT2D eigenvalue weighted by Crippen LogP contribution is 2.53. The Kier molecular flexibility index (Phi) is 6.46. The Balaban J connectivity index is 1.37. The van der Waals surface area contributed by atoms with Crippen LogP contribution in [0.3, 0.4) is 0 Å². The first kappa shape index (κ1) is 25.3. The van der Waals surface area contributed by atoms with Crippen LogP contribution in [0.2, 0.25) is 5.02 Å². The normalized spacial score (nSPS) is 18.9. The largest absolute Gasteiger partial charge is 0.493 e. The number of methoxy groups -OCH3 is 1. The molecule has 1 aromatic carbocycles. The van der Waals surface area contributed by atoms with Gasteiger partial charge in [0.15, 0.2) is 5.75 Å². The third-order valence-electron chi connectivity index (χ3n) is 8.23. The number of pyridine rings is 1. The number of nitrogens with one attached hydrogen (secondary N) is 2. The minimum absolute atomic E-state index is 0.00979. The van der Waals surface area contributed by atoms with Crippen LogP contribution in [-0.2, 0) is 11.2 Å². The lowest BCUT2D eigenvalue weighted by Gasteiger charge is -2.61. The molecule has 3 aromatic rings. The number of carbonyl (C=O) groups is 2. The molecule has 1 saturated heterocycles. The smallest absolute Gasteiger partial charge is 0.253 e. The number of amides is 2. The van der Waals surface area contributed by atoms with Gasteiger partial charge in [-0.1, -0.05) is 30.7 Å². The number of carbonyl (C=O) groups excluding carboxylic acids is 2. The van der Waals surface area contributed by atoms with Crippen molar-refractivity contribution >= 4 is 29.1 Å². The molecule has 2 aromatic heterocycles. The van der Waals surface area contributed by atoms with Gasteiger partial charge >= 0.3 is 0 Å². The minimum atomic E-state index is -0.132. The predicted molar refractivity (Wildman–Crippen MR) is 148 cm³/mol. The van der Waals surface area contributed by atoms with Gasteiger partial charge in [-0.2, -0.15) is 0 Å². The fraction of sp³-hybridized carbons (Fsp3) is 0.345. The van der Waals surface area contributed by atoms with Gasteiger partial charge in [-0.15, -0.1) is 0 Å². The Morgan fingerprint density at radius 3 is 2.92 bits per heavy atom. The molecule has 1 spiro atoms. The standard InChI is InChI=1S/C29H30ClN5O4/c1-3-26(36)34-17-29(10-5-11-29)25(34)16-39-24-15-31-12-8-18(24)23-14-19-22(9-13-32-28(19)37)35(23)33-21-7-4-6-20(30)27(21)38-2/h3-4,6-8,12,14-15,25,33H,1,5,9-11,13,16-17H2,2H3,(H,32,37)/t25-/m0/s1. The van der Waals surface area contributed by atoms with E-state index in [0.29, 0.717) is 47.3 Å². The van der Waals surface area contributed by atoms with E-state index in [9.17, 15) is 9.59 Å². The van der Waals surface area contributed by atoms with Crippen LogP contribution in [0.15, 0.2) is 55.4 Å². The summed E-state index contributed by atoms with van der Waals surface area (Å²) in [6, 6.07) is 9.18. The number of fused-ring (bicyclic) bond motifs is 1. The van der Waals surface area contributed by atoms with E-state index in [1.165, 1.54) is 12.5 Å². The van der Waals surface area contributed by atoms with Crippen LogP contribution in [0.4, 0.5) is 5.69 Å². The molecule has 0 bridgehead atoms. The average Bonchev–Trinajstić information content (AvgIpc) is 3.27. The van der Waals surface area contributed by atoms with E-state index in [2.05, 4.69) is 22.3 Å². The SMILES string of the molecule is C=CC(=O)N1CC2(CCC2)[C@@H]1COc1cnccc1-c1cc2c(n1Nc1cccc(Cl)c1OC)CCNC2=O. The fourth-order valence-electron chi connectivity index (χ4n) is 6.02. The van der Waals surface area contributed by atoms with Crippen molar-refractivity contribution in [3.05, 3.63) is 71.7 Å². The molecule has 1 atom stereocenters. The number of aromatic nitrogens is 2. The van der Waals surface area contributed by atoms with Crippen molar-refractivity contribution in [3.8, 4) is 22.8 Å². The second kappa shape index (κ2) is 9.96. The molecule has 10 heteroatoms. The zero-order valence-electron chi connectivity index (χ0n) is 21.7. The van der Waals surface area contributed by atoms with Gasteiger partial charge < -0.3 is 19.7 Å². The van der Waals surface area contributed by atoms with Gasteiger partial charge in [0.2, 0.25) is 5.91 Å². The highest BCUT2D eigenvalue weighted by molar-refractivity contribution is 6.32. The summed E-state index contributed by atoms with van der Waals surface area (Å²) in [5.74, 6) is 0.871. The molecule has 2 aliphatic heterocycles. The second-order valence-electron chi connectivity index (χ2n) is 10.2. The summed E-state index contributed by atoms with van der Waals surface area (Å²) in [4.78, 5) is 31.4.